The van der Waals surface area contributed by atoms with Crippen LogP contribution >= 0.6 is 0 Å². The molecule has 20 heavy (non-hydrogen) atoms. The second-order valence-electron chi connectivity index (χ2n) is 5.75. The summed E-state index contributed by atoms with van der Waals surface area (Å²) in [5.74, 6) is -0.346. The minimum Gasteiger partial charge on any atom is -0.377 e. The number of aromatic nitrogens is 3. The Morgan fingerprint density at radius 2 is 2.15 bits per heavy atom. The van der Waals surface area contributed by atoms with E-state index >= 15 is 0 Å². The highest BCUT2D eigenvalue weighted by atomic mass is 16.5. The van der Waals surface area contributed by atoms with Crippen LogP contribution in [-0.4, -0.2) is 57.7 Å². The second kappa shape index (κ2) is 5.20. The summed E-state index contributed by atoms with van der Waals surface area (Å²) in [4.78, 5) is 29.3. The average Bonchev–Trinajstić information content (AvgIpc) is 2.87. The van der Waals surface area contributed by atoms with Gasteiger partial charge in [0.2, 0.25) is 11.7 Å². The highest BCUT2D eigenvalue weighted by molar-refractivity contribution is 5.94. The molecule has 0 aliphatic carbocycles. The van der Waals surface area contributed by atoms with Gasteiger partial charge in [0, 0.05) is 12.0 Å². The minimum absolute atomic E-state index is 0.0445. The summed E-state index contributed by atoms with van der Waals surface area (Å²) in [5, 5.41) is 6.69. The summed E-state index contributed by atoms with van der Waals surface area (Å²) in [6, 6.07) is -0.771. The maximum atomic E-state index is 12.4. The fourth-order valence-corrected chi connectivity index (χ4v) is 1.90. The molecular formula is C12H19N5O3. The average molecular weight is 281 g/mol. The zero-order chi connectivity index (χ0) is 14.9. The van der Waals surface area contributed by atoms with Crippen molar-refractivity contribution in [2.75, 3.05) is 19.8 Å². The lowest BCUT2D eigenvalue weighted by molar-refractivity contribution is -0.127. The molecule has 2 rings (SSSR count). The van der Waals surface area contributed by atoms with E-state index in [1.165, 1.54) is 4.90 Å². The van der Waals surface area contributed by atoms with Gasteiger partial charge in [0.05, 0.1) is 13.2 Å². The predicted molar refractivity (Wildman–Crippen MR) is 69.9 cm³/mol. The first-order valence-electron chi connectivity index (χ1n) is 6.41. The van der Waals surface area contributed by atoms with Crippen molar-refractivity contribution in [3.05, 3.63) is 11.6 Å². The Labute approximate surface area is 116 Å². The van der Waals surface area contributed by atoms with Crippen LogP contribution in [0, 0.1) is 0 Å². The van der Waals surface area contributed by atoms with Gasteiger partial charge in [-0.05, 0) is 0 Å². The van der Waals surface area contributed by atoms with E-state index in [1.807, 2.05) is 20.8 Å². The topological polar surface area (TPSA) is 114 Å². The van der Waals surface area contributed by atoms with Crippen LogP contribution in [-0.2, 0) is 14.9 Å². The molecule has 1 aromatic heterocycles. The van der Waals surface area contributed by atoms with Crippen LogP contribution in [0.2, 0.25) is 0 Å². The number of nitrogens with one attached hydrogen (secondary N) is 1. The fraction of sp³-hybridized carbons (Fsp3) is 0.667. The van der Waals surface area contributed by atoms with Crippen molar-refractivity contribution in [3.63, 3.8) is 0 Å². The predicted octanol–water partition coefficient (Wildman–Crippen LogP) is -0.571. The number of H-pyrrole nitrogens is 1. The zero-order valence-electron chi connectivity index (χ0n) is 11.8. The molecule has 8 nitrogen and oxygen atoms in total. The van der Waals surface area contributed by atoms with Gasteiger partial charge in [-0.1, -0.05) is 20.8 Å². The lowest BCUT2D eigenvalue weighted by atomic mass is 9.96. The Morgan fingerprint density at radius 1 is 1.45 bits per heavy atom. The number of hydrogen-bond donors (Lipinski definition) is 2. The van der Waals surface area contributed by atoms with Crippen LogP contribution in [0.4, 0.5) is 0 Å². The van der Waals surface area contributed by atoms with Crippen LogP contribution < -0.4 is 5.73 Å². The van der Waals surface area contributed by atoms with Crippen molar-refractivity contribution in [1.29, 1.82) is 0 Å². The van der Waals surface area contributed by atoms with Gasteiger partial charge in [-0.2, -0.15) is 0 Å². The van der Waals surface area contributed by atoms with Gasteiger partial charge in [0.1, 0.15) is 11.9 Å². The van der Waals surface area contributed by atoms with E-state index in [4.69, 9.17) is 10.5 Å². The molecule has 1 aliphatic heterocycles. The highest BCUT2D eigenvalue weighted by Crippen LogP contribution is 2.18. The number of carbonyl (C=O) groups is 2. The third-order valence-electron chi connectivity index (χ3n) is 3.10. The molecule has 0 spiro atoms. The number of nitrogens with two attached hydrogens (primary N) is 1. The molecule has 1 atom stereocenters. The Morgan fingerprint density at radius 3 is 2.70 bits per heavy atom. The van der Waals surface area contributed by atoms with Crippen molar-refractivity contribution in [2.24, 2.45) is 5.73 Å². The van der Waals surface area contributed by atoms with Gasteiger partial charge >= 0.3 is 0 Å². The van der Waals surface area contributed by atoms with Gasteiger partial charge in [-0.25, -0.2) is 4.98 Å². The summed E-state index contributed by atoms with van der Waals surface area (Å²) in [7, 11) is 0. The SMILES string of the molecule is CC(C)(C)c1nc(C(=O)N2CCOCC2C(N)=O)n[nH]1. The molecule has 0 bridgehead atoms. The molecular weight excluding hydrogens is 262 g/mol. The van der Waals surface area contributed by atoms with Gasteiger partial charge in [-0.15, -0.1) is 5.10 Å². The number of aromatic amines is 1. The smallest absolute Gasteiger partial charge is 0.294 e. The maximum Gasteiger partial charge on any atom is 0.294 e. The van der Waals surface area contributed by atoms with Crippen molar-refractivity contribution in [3.8, 4) is 0 Å². The van der Waals surface area contributed by atoms with E-state index in [0.29, 0.717) is 19.0 Å². The van der Waals surface area contributed by atoms with Gasteiger partial charge in [-0.3, -0.25) is 14.7 Å². The Kier molecular flexibility index (Phi) is 3.76. The Bertz CT molecular complexity index is 519. The van der Waals surface area contributed by atoms with Crippen LogP contribution in [0.15, 0.2) is 0 Å². The molecule has 1 aromatic rings. The van der Waals surface area contributed by atoms with E-state index in [1.54, 1.807) is 0 Å². The van der Waals surface area contributed by atoms with Crippen molar-refractivity contribution in [1.82, 2.24) is 20.1 Å². The molecule has 1 aliphatic rings. The van der Waals surface area contributed by atoms with E-state index in [-0.39, 0.29) is 17.8 Å². The fourth-order valence-electron chi connectivity index (χ4n) is 1.90. The van der Waals surface area contributed by atoms with Gasteiger partial charge < -0.3 is 15.4 Å². The summed E-state index contributed by atoms with van der Waals surface area (Å²) in [6.45, 7) is 6.66. The zero-order valence-corrected chi connectivity index (χ0v) is 11.8. The van der Waals surface area contributed by atoms with Crippen molar-refractivity contribution >= 4 is 11.8 Å². The lowest BCUT2D eigenvalue weighted by Crippen LogP contribution is -2.54. The molecule has 2 heterocycles. The molecule has 110 valence electrons. The number of amides is 2. The third kappa shape index (κ3) is 2.79. The first kappa shape index (κ1) is 14.4. The van der Waals surface area contributed by atoms with Crippen LogP contribution in [0.1, 0.15) is 37.2 Å². The maximum absolute atomic E-state index is 12.4. The molecule has 0 radical (unpaired) electrons. The molecule has 1 saturated heterocycles. The Hall–Kier alpha value is -1.96. The molecule has 8 heteroatoms. The van der Waals surface area contributed by atoms with Crippen LogP contribution in [0.25, 0.3) is 0 Å². The standard InChI is InChI=1S/C12H19N5O3/c1-12(2,3)11-14-9(15-16-11)10(19)17-4-5-20-6-7(17)8(13)18/h7H,4-6H2,1-3H3,(H2,13,18)(H,14,15,16). The monoisotopic (exact) mass is 281 g/mol. The summed E-state index contributed by atoms with van der Waals surface area (Å²) in [5.41, 5.74) is 5.05. The number of carbonyl (C=O) groups excluding carboxylic acids is 2. The van der Waals surface area contributed by atoms with Crippen molar-refractivity contribution in [2.45, 2.75) is 32.2 Å². The lowest BCUT2D eigenvalue weighted by Gasteiger charge is -2.32. The van der Waals surface area contributed by atoms with Gasteiger partial charge in [0.25, 0.3) is 5.91 Å². The summed E-state index contributed by atoms with van der Waals surface area (Å²) in [6.07, 6.45) is 0. The molecule has 3 N–H and O–H groups in total. The molecule has 2 amide bonds. The quantitative estimate of drug-likeness (QED) is 0.753. The number of nitrogens with zero attached hydrogens (tertiary/aromatic N) is 3. The highest BCUT2D eigenvalue weighted by Gasteiger charge is 2.34. The van der Waals surface area contributed by atoms with E-state index in [0.717, 1.165) is 0 Å². The second-order valence-corrected chi connectivity index (χ2v) is 5.75. The molecule has 1 fully saturated rings. The third-order valence-corrected chi connectivity index (χ3v) is 3.10. The van der Waals surface area contributed by atoms with E-state index in [2.05, 4.69) is 15.2 Å². The van der Waals surface area contributed by atoms with Crippen molar-refractivity contribution < 1.29 is 14.3 Å². The van der Waals surface area contributed by atoms with E-state index < -0.39 is 17.9 Å². The number of ether oxygens (including phenoxy) is 1. The van der Waals surface area contributed by atoms with Crippen LogP contribution in [0.3, 0.4) is 0 Å². The first-order chi connectivity index (χ1) is 9.30. The normalized spacial score (nSPS) is 19.9. The number of primary amides is 1. The number of rotatable bonds is 2. The molecule has 1 unspecified atom stereocenters. The first-order valence-corrected chi connectivity index (χ1v) is 6.41. The number of morpholine rings is 1. The van der Waals surface area contributed by atoms with E-state index in [9.17, 15) is 9.59 Å². The number of hydrogen-bond acceptors (Lipinski definition) is 5. The Balaban J connectivity index is 2.21. The van der Waals surface area contributed by atoms with Gasteiger partial charge in [0.15, 0.2) is 0 Å². The minimum atomic E-state index is -0.771. The summed E-state index contributed by atoms with van der Waals surface area (Å²) < 4.78 is 5.18. The summed E-state index contributed by atoms with van der Waals surface area (Å²) >= 11 is 0. The molecule has 0 aromatic carbocycles. The molecule has 0 saturated carbocycles. The largest absolute Gasteiger partial charge is 0.377 e. The van der Waals surface area contributed by atoms with Crippen LogP contribution in [0.5, 0.6) is 0 Å².